The Morgan fingerprint density at radius 3 is 2.12 bits per heavy atom. The highest BCUT2D eigenvalue weighted by molar-refractivity contribution is 5.94. The Morgan fingerprint density at radius 1 is 0.971 bits per heavy atom. The number of hydrogen-bond acceptors (Lipinski definition) is 9. The summed E-state index contributed by atoms with van der Waals surface area (Å²) in [4.78, 5) is 66.5. The van der Waals surface area contributed by atoms with Gasteiger partial charge in [0.2, 0.25) is 17.7 Å². The lowest BCUT2D eigenvalue weighted by Gasteiger charge is -2.24. The second-order valence-corrected chi connectivity index (χ2v) is 7.47. The average Bonchev–Trinajstić information content (AvgIpc) is 3.28. The molecule has 190 valence electrons. The number of aromatic nitrogens is 2. The summed E-state index contributed by atoms with van der Waals surface area (Å²) in [5.41, 5.74) is 11.5. The maximum Gasteiger partial charge on any atom is 0.328 e. The molecule has 0 radical (unpaired) electrons. The van der Waals surface area contributed by atoms with Gasteiger partial charge >= 0.3 is 11.9 Å². The number of carbonyl (C=O) groups is 5. The van der Waals surface area contributed by atoms with Crippen LogP contribution >= 0.6 is 0 Å². The minimum absolute atomic E-state index is 0.0805. The SMILES string of the molecule is NCCCCC(NC(=O)C(Cc1cnc[nH]1)NC(=O)C(N)CC(=O)O)C(=O)NC(CO)C(=O)O. The van der Waals surface area contributed by atoms with Gasteiger partial charge < -0.3 is 47.7 Å². The summed E-state index contributed by atoms with van der Waals surface area (Å²) in [6, 6.07) is -5.44. The van der Waals surface area contributed by atoms with E-state index < -0.39 is 66.9 Å². The molecule has 1 aromatic heterocycles. The largest absolute Gasteiger partial charge is 0.481 e. The van der Waals surface area contributed by atoms with Crippen molar-refractivity contribution in [3.8, 4) is 0 Å². The number of hydrogen-bond donors (Lipinski definition) is 9. The smallest absolute Gasteiger partial charge is 0.328 e. The van der Waals surface area contributed by atoms with Crippen molar-refractivity contribution in [3.63, 3.8) is 0 Å². The van der Waals surface area contributed by atoms with Crippen LogP contribution in [0.4, 0.5) is 0 Å². The topological polar surface area (TPSA) is 263 Å². The number of H-pyrrole nitrogens is 1. The minimum Gasteiger partial charge on any atom is -0.481 e. The van der Waals surface area contributed by atoms with Crippen LogP contribution in [0, 0.1) is 0 Å². The molecule has 34 heavy (non-hydrogen) atoms. The first-order valence-electron chi connectivity index (χ1n) is 10.5. The van der Waals surface area contributed by atoms with Crippen LogP contribution < -0.4 is 27.4 Å². The van der Waals surface area contributed by atoms with Crippen LogP contribution in [-0.4, -0.2) is 92.3 Å². The van der Waals surface area contributed by atoms with E-state index in [1.54, 1.807) is 0 Å². The van der Waals surface area contributed by atoms with Crippen LogP contribution in [0.3, 0.4) is 0 Å². The molecule has 1 aromatic rings. The van der Waals surface area contributed by atoms with Gasteiger partial charge in [0.05, 0.1) is 25.4 Å². The number of carbonyl (C=O) groups excluding carboxylic acids is 3. The molecule has 0 saturated carbocycles. The third-order valence-corrected chi connectivity index (χ3v) is 4.72. The fraction of sp³-hybridized carbons (Fsp3) is 0.579. The van der Waals surface area contributed by atoms with E-state index >= 15 is 0 Å². The molecule has 1 heterocycles. The minimum atomic E-state index is -1.57. The number of carboxylic acid groups (broad SMARTS) is 2. The molecule has 0 aliphatic rings. The summed E-state index contributed by atoms with van der Waals surface area (Å²) in [5, 5.41) is 34.0. The number of rotatable bonds is 16. The van der Waals surface area contributed by atoms with Gasteiger partial charge in [-0.25, -0.2) is 9.78 Å². The summed E-state index contributed by atoms with van der Waals surface area (Å²) in [6.07, 6.45) is 3.08. The lowest BCUT2D eigenvalue weighted by Crippen LogP contribution is -2.58. The monoisotopic (exact) mass is 485 g/mol. The van der Waals surface area contributed by atoms with Crippen LogP contribution in [0.15, 0.2) is 12.5 Å². The first-order valence-corrected chi connectivity index (χ1v) is 10.5. The fourth-order valence-corrected chi connectivity index (χ4v) is 2.88. The molecule has 3 amide bonds. The van der Waals surface area contributed by atoms with E-state index in [0.29, 0.717) is 25.1 Å². The number of aliphatic hydroxyl groups excluding tert-OH is 1. The first-order chi connectivity index (χ1) is 16.1. The van der Waals surface area contributed by atoms with Crippen molar-refractivity contribution in [1.82, 2.24) is 25.9 Å². The number of aromatic amines is 1. The number of carboxylic acids is 2. The van der Waals surface area contributed by atoms with Gasteiger partial charge in [0, 0.05) is 18.3 Å². The van der Waals surface area contributed by atoms with E-state index in [1.807, 2.05) is 0 Å². The Labute approximate surface area is 194 Å². The van der Waals surface area contributed by atoms with Crippen molar-refractivity contribution in [2.75, 3.05) is 13.2 Å². The van der Waals surface area contributed by atoms with E-state index in [2.05, 4.69) is 25.9 Å². The van der Waals surface area contributed by atoms with E-state index in [9.17, 15) is 24.0 Å². The molecule has 0 saturated heterocycles. The number of amides is 3. The van der Waals surface area contributed by atoms with Gasteiger partial charge in [-0.2, -0.15) is 0 Å². The van der Waals surface area contributed by atoms with E-state index in [-0.39, 0.29) is 12.8 Å². The lowest BCUT2D eigenvalue weighted by molar-refractivity contribution is -0.143. The van der Waals surface area contributed by atoms with Crippen LogP contribution in [0.5, 0.6) is 0 Å². The number of nitrogens with zero attached hydrogens (tertiary/aromatic N) is 1. The summed E-state index contributed by atoms with van der Waals surface area (Å²) in [5.74, 6) is -5.29. The van der Waals surface area contributed by atoms with Crippen LogP contribution in [0.25, 0.3) is 0 Å². The maximum atomic E-state index is 13.0. The van der Waals surface area contributed by atoms with Crippen molar-refractivity contribution in [3.05, 3.63) is 18.2 Å². The zero-order valence-electron chi connectivity index (χ0n) is 18.4. The summed E-state index contributed by atoms with van der Waals surface area (Å²) in [6.45, 7) is -0.527. The van der Waals surface area contributed by atoms with Crippen LogP contribution in [-0.2, 0) is 30.4 Å². The molecule has 1 rings (SSSR count). The van der Waals surface area contributed by atoms with Crippen molar-refractivity contribution >= 4 is 29.7 Å². The number of imidazole rings is 1. The summed E-state index contributed by atoms with van der Waals surface area (Å²) >= 11 is 0. The van der Waals surface area contributed by atoms with Gasteiger partial charge in [-0.15, -0.1) is 0 Å². The maximum absolute atomic E-state index is 13.0. The number of aliphatic hydroxyl groups is 1. The van der Waals surface area contributed by atoms with Gasteiger partial charge in [-0.3, -0.25) is 19.2 Å². The predicted molar refractivity (Wildman–Crippen MR) is 116 cm³/mol. The highest BCUT2D eigenvalue weighted by Gasteiger charge is 2.30. The van der Waals surface area contributed by atoms with Gasteiger partial charge in [-0.1, -0.05) is 0 Å². The molecule has 0 fully saturated rings. The van der Waals surface area contributed by atoms with Crippen molar-refractivity contribution in [1.29, 1.82) is 0 Å². The number of nitrogens with two attached hydrogens (primary N) is 2. The van der Waals surface area contributed by atoms with Gasteiger partial charge in [0.1, 0.15) is 18.1 Å². The molecule has 15 heteroatoms. The van der Waals surface area contributed by atoms with Crippen molar-refractivity contribution in [2.45, 2.75) is 56.3 Å². The summed E-state index contributed by atoms with van der Waals surface area (Å²) in [7, 11) is 0. The lowest BCUT2D eigenvalue weighted by atomic mass is 10.1. The van der Waals surface area contributed by atoms with Crippen LogP contribution in [0.2, 0.25) is 0 Å². The molecular formula is C19H31N7O8. The standard InChI is InChI=1S/C19H31N7O8/c20-4-2-1-3-12(17(31)26-14(8-27)19(33)34)24-18(32)13(5-10-7-22-9-23-10)25-16(30)11(21)6-15(28)29/h7,9,11-14,27H,1-6,8,20-21H2,(H,22,23)(H,24,32)(H,25,30)(H,26,31)(H,28,29)(H,33,34). The van der Waals surface area contributed by atoms with E-state index in [4.69, 9.17) is 26.8 Å². The Hall–Kier alpha value is -3.56. The van der Waals surface area contributed by atoms with Gasteiger partial charge in [0.15, 0.2) is 0 Å². The molecule has 0 spiro atoms. The van der Waals surface area contributed by atoms with Crippen LogP contribution in [0.1, 0.15) is 31.4 Å². The van der Waals surface area contributed by atoms with Gasteiger partial charge in [0.25, 0.3) is 0 Å². The Balaban J connectivity index is 3.02. The Morgan fingerprint density at radius 2 is 1.59 bits per heavy atom. The second kappa shape index (κ2) is 14.6. The number of nitrogens with one attached hydrogen (secondary N) is 4. The van der Waals surface area contributed by atoms with E-state index in [1.165, 1.54) is 12.5 Å². The van der Waals surface area contributed by atoms with Crippen molar-refractivity contribution in [2.24, 2.45) is 11.5 Å². The predicted octanol–water partition coefficient (Wildman–Crippen LogP) is -3.59. The quantitative estimate of drug-likeness (QED) is 0.103. The highest BCUT2D eigenvalue weighted by Crippen LogP contribution is 2.05. The second-order valence-electron chi connectivity index (χ2n) is 7.47. The molecule has 15 nitrogen and oxygen atoms in total. The molecule has 0 aromatic carbocycles. The number of unbranched alkanes of at least 4 members (excludes halogenated alkanes) is 1. The average molecular weight is 485 g/mol. The van der Waals surface area contributed by atoms with Gasteiger partial charge in [-0.05, 0) is 25.8 Å². The molecule has 4 unspecified atom stereocenters. The molecule has 4 atom stereocenters. The third kappa shape index (κ3) is 9.93. The molecule has 0 aliphatic carbocycles. The highest BCUT2D eigenvalue weighted by atomic mass is 16.4. The summed E-state index contributed by atoms with van der Waals surface area (Å²) < 4.78 is 0. The molecular weight excluding hydrogens is 454 g/mol. The zero-order chi connectivity index (χ0) is 25.7. The molecule has 0 aliphatic heterocycles. The zero-order valence-corrected chi connectivity index (χ0v) is 18.4. The molecule has 0 bridgehead atoms. The third-order valence-electron chi connectivity index (χ3n) is 4.72. The van der Waals surface area contributed by atoms with Crippen molar-refractivity contribution < 1.29 is 39.3 Å². The Kier molecular flexibility index (Phi) is 12.2. The first kappa shape index (κ1) is 28.5. The van der Waals surface area contributed by atoms with E-state index in [0.717, 1.165) is 0 Å². The fourth-order valence-electron chi connectivity index (χ4n) is 2.88. The molecule has 11 N–H and O–H groups in total. The number of aliphatic carboxylic acids is 2. The Bertz CT molecular complexity index is 833. The normalized spacial score (nSPS) is 14.3.